The Morgan fingerprint density at radius 3 is 2.61 bits per heavy atom. The Labute approximate surface area is 165 Å². The number of fused-ring (bicyclic) bond motifs is 1. The second-order valence-corrected chi connectivity index (χ2v) is 8.02. The lowest BCUT2D eigenvalue weighted by Crippen LogP contribution is -2.49. The molecule has 0 radical (unpaired) electrons. The maximum absolute atomic E-state index is 13.4. The third-order valence-corrected chi connectivity index (χ3v) is 5.81. The Kier molecular flexibility index (Phi) is 4.40. The number of pyridine rings is 1. The average Bonchev–Trinajstić information content (AvgIpc) is 3.44. The zero-order valence-electron chi connectivity index (χ0n) is 16.2. The third kappa shape index (κ3) is 3.42. The summed E-state index contributed by atoms with van der Waals surface area (Å²) < 4.78 is 5.76. The van der Waals surface area contributed by atoms with E-state index in [1.165, 1.54) is 19.4 Å². The number of rotatable bonds is 4. The predicted molar refractivity (Wildman–Crippen MR) is 109 cm³/mol. The maximum atomic E-state index is 13.4. The first kappa shape index (κ1) is 17.4. The molecule has 0 unspecified atom stereocenters. The molecule has 2 fully saturated rings. The molecule has 1 saturated carbocycles. The minimum absolute atomic E-state index is 0.0919. The van der Waals surface area contributed by atoms with Gasteiger partial charge < -0.3 is 9.32 Å². The van der Waals surface area contributed by atoms with Crippen molar-refractivity contribution in [1.29, 1.82) is 0 Å². The zero-order chi connectivity index (χ0) is 19.1. The SMILES string of the molecule is Cc1ccc(-c2cc(C(=O)N3CCN(CC4CC4)CC3)c3ccccc3n2)o1. The fourth-order valence-electron chi connectivity index (χ4n) is 4.02. The second-order valence-electron chi connectivity index (χ2n) is 8.02. The highest BCUT2D eigenvalue weighted by atomic mass is 16.3. The Bertz CT molecular complexity index is 1010. The van der Waals surface area contributed by atoms with E-state index in [0.717, 1.165) is 48.8 Å². The van der Waals surface area contributed by atoms with Gasteiger partial charge in [-0.25, -0.2) is 4.98 Å². The van der Waals surface area contributed by atoms with E-state index in [4.69, 9.17) is 9.40 Å². The van der Waals surface area contributed by atoms with Gasteiger partial charge in [-0.15, -0.1) is 0 Å². The molecule has 0 bridgehead atoms. The number of aryl methyl sites for hydroxylation is 1. The summed E-state index contributed by atoms with van der Waals surface area (Å²) in [4.78, 5) is 22.6. The normalized spacial score (nSPS) is 18.0. The number of benzene rings is 1. The molecule has 1 amide bonds. The zero-order valence-corrected chi connectivity index (χ0v) is 16.2. The fraction of sp³-hybridized carbons (Fsp3) is 0.391. The van der Waals surface area contributed by atoms with Crippen LogP contribution in [0.25, 0.3) is 22.4 Å². The Morgan fingerprint density at radius 2 is 1.89 bits per heavy atom. The van der Waals surface area contributed by atoms with Crippen molar-refractivity contribution >= 4 is 16.8 Å². The van der Waals surface area contributed by atoms with Crippen LogP contribution in [0.4, 0.5) is 0 Å². The van der Waals surface area contributed by atoms with E-state index in [1.54, 1.807) is 0 Å². The Morgan fingerprint density at radius 1 is 1.11 bits per heavy atom. The lowest BCUT2D eigenvalue weighted by molar-refractivity contribution is 0.0634. The van der Waals surface area contributed by atoms with Crippen molar-refractivity contribution < 1.29 is 9.21 Å². The van der Waals surface area contributed by atoms with E-state index in [2.05, 4.69) is 4.90 Å². The van der Waals surface area contributed by atoms with E-state index in [0.29, 0.717) is 17.0 Å². The molecule has 1 aliphatic heterocycles. The summed E-state index contributed by atoms with van der Waals surface area (Å²) in [5.74, 6) is 2.52. The molecule has 0 atom stereocenters. The number of nitrogens with zero attached hydrogens (tertiary/aromatic N) is 3. The molecule has 1 saturated heterocycles. The highest BCUT2D eigenvalue weighted by molar-refractivity contribution is 6.07. The number of amides is 1. The average molecular weight is 375 g/mol. The van der Waals surface area contributed by atoms with Crippen LogP contribution < -0.4 is 0 Å². The van der Waals surface area contributed by atoms with E-state index in [9.17, 15) is 4.79 Å². The van der Waals surface area contributed by atoms with E-state index in [1.807, 2.05) is 54.3 Å². The van der Waals surface area contributed by atoms with E-state index >= 15 is 0 Å². The van der Waals surface area contributed by atoms with Gasteiger partial charge in [0.1, 0.15) is 11.5 Å². The summed E-state index contributed by atoms with van der Waals surface area (Å²) in [7, 11) is 0. The lowest BCUT2D eigenvalue weighted by atomic mass is 10.0. The van der Waals surface area contributed by atoms with Crippen LogP contribution in [0.1, 0.15) is 29.0 Å². The first-order valence-electron chi connectivity index (χ1n) is 10.2. The molecule has 5 heteroatoms. The minimum Gasteiger partial charge on any atom is -0.460 e. The van der Waals surface area contributed by atoms with Gasteiger partial charge in [0, 0.05) is 38.1 Å². The van der Waals surface area contributed by atoms with Gasteiger partial charge in [-0.1, -0.05) is 18.2 Å². The molecule has 1 aliphatic carbocycles. The number of piperazine rings is 1. The minimum atomic E-state index is 0.0919. The van der Waals surface area contributed by atoms with Gasteiger partial charge in [-0.3, -0.25) is 9.69 Å². The van der Waals surface area contributed by atoms with Crippen LogP contribution in [-0.4, -0.2) is 53.4 Å². The molecule has 3 aromatic rings. The van der Waals surface area contributed by atoms with Crippen molar-refractivity contribution in [1.82, 2.24) is 14.8 Å². The summed E-state index contributed by atoms with van der Waals surface area (Å²) in [5, 5.41) is 0.903. The molecule has 3 heterocycles. The number of carbonyl (C=O) groups excluding carboxylic acids is 1. The standard InChI is InChI=1S/C23H25N3O2/c1-16-6-9-22(28-16)21-14-19(18-4-2-3-5-20(18)24-21)23(27)26-12-10-25(11-13-26)15-17-7-8-17/h2-6,9,14,17H,7-8,10-13,15H2,1H3. The summed E-state index contributed by atoms with van der Waals surface area (Å²) in [5.41, 5.74) is 2.25. The van der Waals surface area contributed by atoms with Gasteiger partial charge in [0.2, 0.25) is 0 Å². The van der Waals surface area contributed by atoms with Crippen LogP contribution in [0, 0.1) is 12.8 Å². The van der Waals surface area contributed by atoms with Crippen molar-refractivity contribution in [3.05, 3.63) is 53.8 Å². The van der Waals surface area contributed by atoms with Gasteiger partial charge in [-0.2, -0.15) is 0 Å². The number of furan rings is 1. The van der Waals surface area contributed by atoms with Crippen LogP contribution in [-0.2, 0) is 0 Å². The van der Waals surface area contributed by atoms with Gasteiger partial charge in [0.25, 0.3) is 5.91 Å². The molecule has 0 spiro atoms. The lowest BCUT2D eigenvalue weighted by Gasteiger charge is -2.35. The third-order valence-electron chi connectivity index (χ3n) is 5.81. The van der Waals surface area contributed by atoms with Crippen molar-refractivity contribution in [2.24, 2.45) is 5.92 Å². The molecule has 2 aliphatic rings. The quantitative estimate of drug-likeness (QED) is 0.692. The van der Waals surface area contributed by atoms with Crippen LogP contribution >= 0.6 is 0 Å². The monoisotopic (exact) mass is 375 g/mol. The van der Waals surface area contributed by atoms with Crippen LogP contribution in [0.5, 0.6) is 0 Å². The fourth-order valence-corrected chi connectivity index (χ4v) is 4.02. The Balaban J connectivity index is 1.44. The molecule has 1 aromatic carbocycles. The summed E-state index contributed by atoms with van der Waals surface area (Å²) in [6, 6.07) is 13.6. The molecule has 5 rings (SSSR count). The first-order valence-corrected chi connectivity index (χ1v) is 10.2. The van der Waals surface area contributed by atoms with Gasteiger partial charge >= 0.3 is 0 Å². The summed E-state index contributed by atoms with van der Waals surface area (Å²) in [6.07, 6.45) is 2.74. The van der Waals surface area contributed by atoms with Crippen molar-refractivity contribution in [3.8, 4) is 11.5 Å². The van der Waals surface area contributed by atoms with Crippen molar-refractivity contribution in [2.75, 3.05) is 32.7 Å². The van der Waals surface area contributed by atoms with Crippen LogP contribution in [0.15, 0.2) is 46.9 Å². The topological polar surface area (TPSA) is 49.6 Å². The molecule has 2 aromatic heterocycles. The molecule has 0 N–H and O–H groups in total. The van der Waals surface area contributed by atoms with Gasteiger partial charge in [-0.05, 0) is 49.9 Å². The number of carbonyl (C=O) groups is 1. The molecule has 5 nitrogen and oxygen atoms in total. The number of hydrogen-bond donors (Lipinski definition) is 0. The predicted octanol–water partition coefficient (Wildman–Crippen LogP) is 3.97. The largest absolute Gasteiger partial charge is 0.460 e. The molecule has 144 valence electrons. The summed E-state index contributed by atoms with van der Waals surface area (Å²) in [6.45, 7) is 6.62. The van der Waals surface area contributed by atoms with Crippen LogP contribution in [0.3, 0.4) is 0 Å². The van der Waals surface area contributed by atoms with E-state index in [-0.39, 0.29) is 5.91 Å². The molecule has 28 heavy (non-hydrogen) atoms. The molecular formula is C23H25N3O2. The van der Waals surface area contributed by atoms with Crippen molar-refractivity contribution in [3.63, 3.8) is 0 Å². The highest BCUT2D eigenvalue weighted by Crippen LogP contribution is 2.30. The second kappa shape index (κ2) is 7.06. The van der Waals surface area contributed by atoms with Crippen molar-refractivity contribution in [2.45, 2.75) is 19.8 Å². The maximum Gasteiger partial charge on any atom is 0.254 e. The number of para-hydroxylation sites is 1. The molecular weight excluding hydrogens is 350 g/mol. The van der Waals surface area contributed by atoms with Gasteiger partial charge in [0.05, 0.1) is 11.1 Å². The number of aromatic nitrogens is 1. The van der Waals surface area contributed by atoms with E-state index < -0.39 is 0 Å². The van der Waals surface area contributed by atoms with Crippen LogP contribution in [0.2, 0.25) is 0 Å². The summed E-state index contributed by atoms with van der Waals surface area (Å²) >= 11 is 0. The Hall–Kier alpha value is -2.66. The highest BCUT2D eigenvalue weighted by Gasteiger charge is 2.28. The first-order chi connectivity index (χ1) is 13.7. The van der Waals surface area contributed by atoms with Gasteiger partial charge in [0.15, 0.2) is 5.76 Å². The smallest absolute Gasteiger partial charge is 0.254 e. The number of hydrogen-bond acceptors (Lipinski definition) is 4.